The van der Waals surface area contributed by atoms with Gasteiger partial charge in [-0.2, -0.15) is 0 Å². The number of aromatic hydroxyl groups is 1. The van der Waals surface area contributed by atoms with Gasteiger partial charge in [-0.25, -0.2) is 8.42 Å². The SMILES string of the molecule is COCC[NH+](Cc1cc(C(C)C)c(C)cc1O)[C@H]1CCS(=O)(=O)C1. The van der Waals surface area contributed by atoms with Gasteiger partial charge in [0.15, 0.2) is 9.84 Å². The van der Waals surface area contributed by atoms with Crippen molar-refractivity contribution in [2.45, 2.75) is 45.7 Å². The Bertz CT molecular complexity index is 670. The summed E-state index contributed by atoms with van der Waals surface area (Å²) in [6, 6.07) is 3.98. The minimum Gasteiger partial charge on any atom is -0.507 e. The minimum atomic E-state index is -2.92. The van der Waals surface area contributed by atoms with Crippen molar-refractivity contribution in [1.82, 2.24) is 0 Å². The van der Waals surface area contributed by atoms with E-state index < -0.39 is 9.84 Å². The fraction of sp³-hybridized carbons (Fsp3) is 0.667. The number of ether oxygens (including phenoxy) is 1. The van der Waals surface area contributed by atoms with Gasteiger partial charge in [0.1, 0.15) is 30.6 Å². The summed E-state index contributed by atoms with van der Waals surface area (Å²) in [4.78, 5) is 1.17. The maximum atomic E-state index is 11.8. The Morgan fingerprint density at radius 3 is 2.62 bits per heavy atom. The Morgan fingerprint density at radius 2 is 2.08 bits per heavy atom. The lowest BCUT2D eigenvalue weighted by Crippen LogP contribution is -3.15. The van der Waals surface area contributed by atoms with Gasteiger partial charge in [-0.1, -0.05) is 13.8 Å². The summed E-state index contributed by atoms with van der Waals surface area (Å²) in [5.74, 6) is 1.19. The molecule has 0 aliphatic carbocycles. The maximum Gasteiger partial charge on any atom is 0.156 e. The number of aryl methyl sites for hydroxylation is 1. The Morgan fingerprint density at radius 1 is 1.38 bits per heavy atom. The van der Waals surface area contributed by atoms with Crippen molar-refractivity contribution in [2.75, 3.05) is 31.8 Å². The van der Waals surface area contributed by atoms with Crippen LogP contribution in [-0.2, 0) is 21.1 Å². The van der Waals surface area contributed by atoms with E-state index in [9.17, 15) is 13.5 Å². The number of quaternary nitrogens is 1. The van der Waals surface area contributed by atoms with Crippen LogP contribution in [0.3, 0.4) is 0 Å². The van der Waals surface area contributed by atoms with Crippen molar-refractivity contribution in [3.05, 3.63) is 28.8 Å². The largest absolute Gasteiger partial charge is 0.507 e. The van der Waals surface area contributed by atoms with Gasteiger partial charge in [-0.15, -0.1) is 0 Å². The first kappa shape index (κ1) is 19.2. The standard InChI is InChI=1S/C18H29NO4S/c1-13(2)17-10-15(18(20)9-14(17)3)11-19(6-7-23-4)16-5-8-24(21,22)12-16/h9-10,13,16,20H,5-8,11-12H2,1-4H3/p+1/t16-/m0/s1. The van der Waals surface area contributed by atoms with Crippen LogP contribution in [0.1, 0.15) is 42.9 Å². The molecule has 0 aromatic heterocycles. The molecule has 0 amide bonds. The topological polar surface area (TPSA) is 68.0 Å². The molecule has 136 valence electrons. The summed E-state index contributed by atoms with van der Waals surface area (Å²) < 4.78 is 28.9. The number of rotatable bonds is 7. The summed E-state index contributed by atoms with van der Waals surface area (Å²) in [6.45, 7) is 8.23. The van der Waals surface area contributed by atoms with E-state index in [2.05, 4.69) is 19.9 Å². The second kappa shape index (κ2) is 7.85. The number of phenols is 1. The Balaban J connectivity index is 2.24. The van der Waals surface area contributed by atoms with E-state index in [4.69, 9.17) is 4.74 Å². The first-order chi connectivity index (χ1) is 11.2. The highest BCUT2D eigenvalue weighted by atomic mass is 32.2. The molecule has 24 heavy (non-hydrogen) atoms. The van der Waals surface area contributed by atoms with Crippen molar-refractivity contribution in [2.24, 2.45) is 0 Å². The molecule has 1 unspecified atom stereocenters. The quantitative estimate of drug-likeness (QED) is 0.766. The molecule has 6 heteroatoms. The number of nitrogens with one attached hydrogen (secondary N) is 1. The van der Waals surface area contributed by atoms with Gasteiger partial charge in [0, 0.05) is 19.1 Å². The van der Waals surface area contributed by atoms with Crippen molar-refractivity contribution in [1.29, 1.82) is 0 Å². The third kappa shape index (κ3) is 4.71. The van der Waals surface area contributed by atoms with Crippen LogP contribution in [0.15, 0.2) is 12.1 Å². The summed E-state index contributed by atoms with van der Waals surface area (Å²) in [6.07, 6.45) is 0.686. The van der Waals surface area contributed by atoms with Crippen molar-refractivity contribution in [3.8, 4) is 5.75 Å². The molecule has 5 nitrogen and oxygen atoms in total. The Hall–Kier alpha value is -1.11. The first-order valence-corrected chi connectivity index (χ1v) is 10.4. The van der Waals surface area contributed by atoms with Gasteiger partial charge >= 0.3 is 0 Å². The number of hydrogen-bond acceptors (Lipinski definition) is 4. The van der Waals surface area contributed by atoms with Crippen LogP contribution in [0, 0.1) is 6.92 Å². The molecule has 0 spiro atoms. The van der Waals surface area contributed by atoms with E-state index in [-0.39, 0.29) is 17.5 Å². The second-order valence-corrected chi connectivity index (χ2v) is 9.40. The normalized spacial score (nSPS) is 21.3. The molecule has 2 atom stereocenters. The first-order valence-electron chi connectivity index (χ1n) is 8.60. The second-order valence-electron chi connectivity index (χ2n) is 7.17. The molecule has 1 aliphatic rings. The third-order valence-corrected chi connectivity index (χ3v) is 6.71. The zero-order valence-electron chi connectivity index (χ0n) is 15.1. The molecule has 1 heterocycles. The highest BCUT2D eigenvalue weighted by Crippen LogP contribution is 2.27. The molecule has 1 aromatic rings. The van der Waals surface area contributed by atoms with E-state index in [1.807, 2.05) is 13.0 Å². The van der Waals surface area contributed by atoms with E-state index in [1.165, 1.54) is 10.5 Å². The molecule has 0 radical (unpaired) electrons. The van der Waals surface area contributed by atoms with Crippen LogP contribution in [0.4, 0.5) is 0 Å². The van der Waals surface area contributed by atoms with E-state index in [0.29, 0.717) is 31.2 Å². The van der Waals surface area contributed by atoms with Crippen LogP contribution in [0.25, 0.3) is 0 Å². The molecule has 1 saturated heterocycles. The zero-order valence-corrected chi connectivity index (χ0v) is 15.9. The van der Waals surface area contributed by atoms with Gasteiger partial charge in [0.2, 0.25) is 0 Å². The Labute approximate surface area is 145 Å². The van der Waals surface area contributed by atoms with Crippen molar-refractivity contribution < 1.29 is 23.2 Å². The average molecular weight is 357 g/mol. The van der Waals surface area contributed by atoms with Gasteiger partial charge in [0.05, 0.1) is 12.4 Å². The third-order valence-electron chi connectivity index (χ3n) is 4.94. The number of phenolic OH excluding ortho intramolecular Hbond substituents is 1. The van der Waals surface area contributed by atoms with Gasteiger partial charge in [-0.3, -0.25) is 0 Å². The average Bonchev–Trinajstić information content (AvgIpc) is 2.85. The number of sulfone groups is 1. The lowest BCUT2D eigenvalue weighted by atomic mass is 9.95. The minimum absolute atomic E-state index is 0.0772. The lowest BCUT2D eigenvalue weighted by Gasteiger charge is -2.26. The number of methoxy groups -OCH3 is 1. The summed E-state index contributed by atoms with van der Waals surface area (Å²) in [5.41, 5.74) is 3.21. The lowest BCUT2D eigenvalue weighted by molar-refractivity contribution is -0.936. The van der Waals surface area contributed by atoms with E-state index in [0.717, 1.165) is 17.7 Å². The van der Waals surface area contributed by atoms with Gasteiger partial charge in [-0.05, 0) is 36.1 Å². The molecule has 0 saturated carbocycles. The highest BCUT2D eigenvalue weighted by molar-refractivity contribution is 7.91. The summed E-state index contributed by atoms with van der Waals surface area (Å²) >= 11 is 0. The van der Waals surface area contributed by atoms with Gasteiger partial charge < -0.3 is 14.7 Å². The molecular weight excluding hydrogens is 326 g/mol. The molecule has 2 N–H and O–H groups in total. The molecule has 1 aromatic carbocycles. The predicted octanol–water partition coefficient (Wildman–Crippen LogP) is 1.04. The predicted molar refractivity (Wildman–Crippen MR) is 95.4 cm³/mol. The summed E-state index contributed by atoms with van der Waals surface area (Å²) in [5, 5.41) is 10.4. The molecule has 0 bridgehead atoms. The molecule has 1 aliphatic heterocycles. The zero-order chi connectivity index (χ0) is 17.9. The van der Waals surface area contributed by atoms with E-state index >= 15 is 0 Å². The smallest absolute Gasteiger partial charge is 0.156 e. The van der Waals surface area contributed by atoms with Crippen molar-refractivity contribution >= 4 is 9.84 Å². The van der Waals surface area contributed by atoms with Crippen LogP contribution >= 0.6 is 0 Å². The molecule has 1 fully saturated rings. The van der Waals surface area contributed by atoms with Crippen LogP contribution in [0.5, 0.6) is 5.75 Å². The molecular formula is C18H30NO4S+. The Kier molecular flexibility index (Phi) is 6.28. The van der Waals surface area contributed by atoms with Crippen molar-refractivity contribution in [3.63, 3.8) is 0 Å². The highest BCUT2D eigenvalue weighted by Gasteiger charge is 2.35. The number of benzene rings is 1. The van der Waals surface area contributed by atoms with Crippen LogP contribution in [0.2, 0.25) is 0 Å². The fourth-order valence-corrected chi connectivity index (χ4v) is 5.38. The van der Waals surface area contributed by atoms with Crippen LogP contribution < -0.4 is 4.90 Å². The summed E-state index contributed by atoms with van der Waals surface area (Å²) in [7, 11) is -1.26. The molecule has 2 rings (SSSR count). The van der Waals surface area contributed by atoms with Crippen LogP contribution in [-0.4, -0.2) is 51.3 Å². The van der Waals surface area contributed by atoms with Gasteiger partial charge in [0.25, 0.3) is 0 Å². The van der Waals surface area contributed by atoms with E-state index in [1.54, 1.807) is 7.11 Å². The fourth-order valence-electron chi connectivity index (χ4n) is 3.55. The number of hydrogen-bond donors (Lipinski definition) is 2. The monoisotopic (exact) mass is 356 g/mol. The maximum absolute atomic E-state index is 11.8.